The molecule has 0 amide bonds. The van der Waals surface area contributed by atoms with E-state index in [0.29, 0.717) is 12.1 Å². The van der Waals surface area contributed by atoms with Crippen molar-refractivity contribution in [2.75, 3.05) is 19.3 Å². The first kappa shape index (κ1) is 20.2. The van der Waals surface area contributed by atoms with Gasteiger partial charge in [-0.3, -0.25) is 9.46 Å². The minimum atomic E-state index is -4.02. The fourth-order valence-corrected chi connectivity index (χ4v) is 3.73. The summed E-state index contributed by atoms with van der Waals surface area (Å²) in [6, 6.07) is 15.9. The molecule has 136 valence electrons. The highest BCUT2D eigenvalue weighted by molar-refractivity contribution is 7.98. The molecule has 0 bridgehead atoms. The van der Waals surface area contributed by atoms with Gasteiger partial charge >= 0.3 is 7.60 Å². The maximum atomic E-state index is 11.1. The molecule has 0 aliphatic carbocycles. The molecule has 2 aromatic carbocycles. The molecule has 2 rings (SSSR count). The van der Waals surface area contributed by atoms with Crippen molar-refractivity contribution in [1.29, 1.82) is 0 Å². The normalized spacial score (nSPS) is 11.9. The number of hydrogen-bond acceptors (Lipinski definition) is 4. The molecule has 7 heteroatoms. The lowest BCUT2D eigenvalue weighted by Crippen LogP contribution is -2.28. The van der Waals surface area contributed by atoms with Crippen LogP contribution in [0.1, 0.15) is 16.7 Å². The van der Waals surface area contributed by atoms with Gasteiger partial charge in [0.15, 0.2) is 0 Å². The van der Waals surface area contributed by atoms with Crippen molar-refractivity contribution in [3.63, 3.8) is 0 Å². The first-order valence-electron chi connectivity index (χ1n) is 8.07. The van der Waals surface area contributed by atoms with E-state index < -0.39 is 7.60 Å². The van der Waals surface area contributed by atoms with Crippen molar-refractivity contribution in [1.82, 2.24) is 4.90 Å². The van der Waals surface area contributed by atoms with Gasteiger partial charge in [0.05, 0.1) is 6.16 Å². The van der Waals surface area contributed by atoms with Gasteiger partial charge in [-0.2, -0.15) is 0 Å². The summed E-state index contributed by atoms with van der Waals surface area (Å²) in [5.41, 5.74) is 8.73. The van der Waals surface area contributed by atoms with Crippen LogP contribution in [0.2, 0.25) is 0 Å². The maximum Gasteiger partial charge on any atom is 0.329 e. The van der Waals surface area contributed by atoms with Crippen molar-refractivity contribution in [2.45, 2.75) is 24.1 Å². The van der Waals surface area contributed by atoms with E-state index in [1.165, 1.54) is 10.5 Å². The molecular weight excluding hydrogens is 355 g/mol. The number of thioether (sulfide) groups is 1. The molecule has 0 fully saturated rings. The fraction of sp³-hybridized carbons (Fsp3) is 0.333. The molecule has 5 nitrogen and oxygen atoms in total. The molecule has 0 unspecified atom stereocenters. The molecule has 0 aliphatic rings. The second-order valence-electron chi connectivity index (χ2n) is 5.99. The van der Waals surface area contributed by atoms with Crippen LogP contribution < -0.4 is 5.73 Å². The third kappa shape index (κ3) is 7.32. The smallest absolute Gasteiger partial charge is 0.329 e. The van der Waals surface area contributed by atoms with Gasteiger partial charge in [0.25, 0.3) is 0 Å². The summed E-state index contributed by atoms with van der Waals surface area (Å²) in [5, 5.41) is 0. The largest absolute Gasteiger partial charge is 0.329 e. The van der Waals surface area contributed by atoms with Crippen molar-refractivity contribution in [3.05, 3.63) is 65.2 Å². The lowest BCUT2D eigenvalue weighted by Gasteiger charge is -2.22. The van der Waals surface area contributed by atoms with E-state index in [2.05, 4.69) is 35.4 Å². The second kappa shape index (κ2) is 9.53. The topological polar surface area (TPSA) is 86.8 Å². The lowest BCUT2D eigenvalue weighted by atomic mass is 10.1. The zero-order chi connectivity index (χ0) is 18.3. The Kier molecular flexibility index (Phi) is 7.69. The number of nitrogens with zero attached hydrogens (tertiary/aromatic N) is 1. The molecule has 0 spiro atoms. The van der Waals surface area contributed by atoms with Crippen LogP contribution in [0, 0.1) is 0 Å². The Morgan fingerprint density at radius 3 is 1.88 bits per heavy atom. The van der Waals surface area contributed by atoms with Crippen LogP contribution in [0.15, 0.2) is 53.4 Å². The molecule has 4 N–H and O–H groups in total. The van der Waals surface area contributed by atoms with Gasteiger partial charge in [-0.25, -0.2) is 0 Å². The number of benzene rings is 2. The van der Waals surface area contributed by atoms with E-state index in [4.69, 9.17) is 15.5 Å². The van der Waals surface area contributed by atoms with Crippen LogP contribution in [0.5, 0.6) is 0 Å². The lowest BCUT2D eigenvalue weighted by molar-refractivity contribution is 0.264. The third-order valence-electron chi connectivity index (χ3n) is 3.83. The Labute approximate surface area is 153 Å². The van der Waals surface area contributed by atoms with E-state index in [1.54, 1.807) is 23.9 Å². The summed E-state index contributed by atoms with van der Waals surface area (Å²) in [6.45, 7) is 2.93. The Balaban J connectivity index is 2.01. The first-order valence-corrected chi connectivity index (χ1v) is 11.1. The minimum absolute atomic E-state index is 0.221. The predicted molar refractivity (Wildman–Crippen MR) is 104 cm³/mol. The Morgan fingerprint density at radius 2 is 1.44 bits per heavy atom. The van der Waals surface area contributed by atoms with Crippen LogP contribution in [-0.2, 0) is 23.8 Å². The maximum absolute atomic E-state index is 11.1. The second-order valence-corrected chi connectivity index (χ2v) is 8.51. The molecule has 0 saturated carbocycles. The highest BCUT2D eigenvalue weighted by Gasteiger charge is 2.14. The molecule has 0 radical (unpaired) electrons. The average Bonchev–Trinajstić information content (AvgIpc) is 2.56. The Hall–Kier alpha value is -1.14. The van der Waals surface area contributed by atoms with Gasteiger partial charge < -0.3 is 15.5 Å². The molecule has 0 atom stereocenters. The van der Waals surface area contributed by atoms with Crippen LogP contribution in [0.25, 0.3) is 0 Å². The van der Waals surface area contributed by atoms with Crippen LogP contribution in [0.3, 0.4) is 0 Å². The van der Waals surface area contributed by atoms with Crippen LogP contribution >= 0.6 is 19.4 Å². The summed E-state index contributed by atoms with van der Waals surface area (Å²) in [6.07, 6.45) is 1.84. The zero-order valence-electron chi connectivity index (χ0n) is 14.3. The molecule has 0 saturated heterocycles. The van der Waals surface area contributed by atoms with Gasteiger partial charge in [0, 0.05) is 31.1 Å². The number of nitrogens with two attached hydrogens (primary N) is 1. The summed E-state index contributed by atoms with van der Waals surface area (Å²) in [4.78, 5) is 21.6. The fourth-order valence-electron chi connectivity index (χ4n) is 2.63. The number of hydrogen-bond donors (Lipinski definition) is 3. The Bertz CT molecular complexity index is 701. The molecule has 2 aromatic rings. The summed E-state index contributed by atoms with van der Waals surface area (Å²) in [5.74, 6) is 0. The highest BCUT2D eigenvalue weighted by atomic mass is 32.2. The Morgan fingerprint density at radius 1 is 0.960 bits per heavy atom. The standard InChI is InChI=1S/C18H25N2O3PS/c1-25-18-8-6-16(7-9-18)13-20(11-10-19)12-15-2-4-17(5-3-15)14-24(21,22)23/h2-9H,10-14,19H2,1H3,(H2,21,22,23). The predicted octanol–water partition coefficient (Wildman–Crippen LogP) is 3.05. The van der Waals surface area contributed by atoms with Crippen LogP contribution in [0.4, 0.5) is 0 Å². The molecule has 0 aliphatic heterocycles. The first-order chi connectivity index (χ1) is 11.9. The average molecular weight is 380 g/mol. The summed E-state index contributed by atoms with van der Waals surface area (Å²) in [7, 11) is -4.02. The van der Waals surface area contributed by atoms with E-state index >= 15 is 0 Å². The molecule has 25 heavy (non-hydrogen) atoms. The van der Waals surface area contributed by atoms with Gasteiger partial charge in [0.1, 0.15) is 0 Å². The van der Waals surface area contributed by atoms with Crippen LogP contribution in [-0.4, -0.2) is 34.0 Å². The van der Waals surface area contributed by atoms with Gasteiger partial charge in [0.2, 0.25) is 0 Å². The van der Waals surface area contributed by atoms with E-state index in [1.807, 2.05) is 12.1 Å². The zero-order valence-corrected chi connectivity index (χ0v) is 16.0. The van der Waals surface area contributed by atoms with E-state index in [0.717, 1.165) is 25.2 Å². The van der Waals surface area contributed by atoms with E-state index in [-0.39, 0.29) is 6.16 Å². The van der Waals surface area contributed by atoms with Gasteiger partial charge in [-0.05, 0) is 35.1 Å². The van der Waals surface area contributed by atoms with E-state index in [9.17, 15) is 4.57 Å². The SMILES string of the molecule is CSc1ccc(CN(CCN)Cc2ccc(CP(=O)(O)O)cc2)cc1. The van der Waals surface area contributed by atoms with Gasteiger partial charge in [-0.15, -0.1) is 11.8 Å². The van der Waals surface area contributed by atoms with Gasteiger partial charge in [-0.1, -0.05) is 36.4 Å². The molecule has 0 aromatic heterocycles. The minimum Gasteiger partial charge on any atom is -0.329 e. The molecular formula is C18H25N2O3PS. The third-order valence-corrected chi connectivity index (χ3v) is 5.35. The summed E-state index contributed by atoms with van der Waals surface area (Å²) < 4.78 is 11.1. The molecule has 0 heterocycles. The number of rotatable bonds is 9. The summed E-state index contributed by atoms with van der Waals surface area (Å²) >= 11 is 1.73. The van der Waals surface area contributed by atoms with Crippen molar-refractivity contribution in [2.24, 2.45) is 5.73 Å². The van der Waals surface area contributed by atoms with Crippen molar-refractivity contribution >= 4 is 19.4 Å². The van der Waals surface area contributed by atoms with Crippen molar-refractivity contribution in [3.8, 4) is 0 Å². The van der Waals surface area contributed by atoms with Crippen molar-refractivity contribution < 1.29 is 14.4 Å². The quantitative estimate of drug-likeness (QED) is 0.458. The highest BCUT2D eigenvalue weighted by Crippen LogP contribution is 2.38. The monoisotopic (exact) mass is 380 g/mol.